The average molecular weight is 340 g/mol. The maximum Gasteiger partial charge on any atom is 0.180 e. The molecule has 0 radical (unpaired) electrons. The first kappa shape index (κ1) is 16.4. The second-order valence-electron chi connectivity index (χ2n) is 7.71. The maximum absolute atomic E-state index is 9.56. The molecule has 0 amide bonds. The number of hydrogen-bond acceptors (Lipinski definition) is 4. The normalized spacial score (nSPS) is 17.3. The number of nitrogens with zero attached hydrogens (tertiary/aromatic N) is 4. The number of aliphatic imine (C=N–C) groups is 1. The molecule has 0 aliphatic carbocycles. The molecule has 1 aliphatic heterocycles. The molecule has 0 saturated heterocycles. The molecule has 0 N–H and O–H groups in total. The Kier molecular flexibility index (Phi) is 3.45. The Hall–Kier alpha value is -3.06. The Labute approximate surface area is 153 Å². The molecule has 0 saturated carbocycles. The van der Waals surface area contributed by atoms with Gasteiger partial charge in [0.15, 0.2) is 11.5 Å². The molecule has 4 rings (SSSR count). The Morgan fingerprint density at radius 1 is 0.885 bits per heavy atom. The molecule has 4 heteroatoms. The third-order valence-corrected chi connectivity index (χ3v) is 5.70. The molecule has 2 heterocycles. The van der Waals surface area contributed by atoms with Crippen molar-refractivity contribution in [2.24, 2.45) is 4.99 Å². The van der Waals surface area contributed by atoms with Gasteiger partial charge in [0, 0.05) is 16.4 Å². The van der Waals surface area contributed by atoms with Crippen LogP contribution in [0.25, 0.3) is 10.9 Å². The van der Waals surface area contributed by atoms with Crippen molar-refractivity contribution in [3.63, 3.8) is 0 Å². The summed E-state index contributed by atoms with van der Waals surface area (Å²) in [5, 5.41) is 10.3. The number of rotatable bonds is 1. The lowest BCUT2D eigenvalue weighted by Gasteiger charge is -2.44. The van der Waals surface area contributed by atoms with Crippen molar-refractivity contribution in [1.29, 1.82) is 5.26 Å². The molecule has 26 heavy (non-hydrogen) atoms. The van der Waals surface area contributed by atoms with E-state index in [1.165, 1.54) is 5.56 Å². The lowest BCUT2D eigenvalue weighted by Crippen LogP contribution is -2.46. The van der Waals surface area contributed by atoms with E-state index in [2.05, 4.69) is 56.9 Å². The summed E-state index contributed by atoms with van der Waals surface area (Å²) < 4.78 is 0. The largest absolute Gasteiger partial charge is 0.274 e. The zero-order chi connectivity index (χ0) is 18.5. The van der Waals surface area contributed by atoms with Crippen LogP contribution in [0.2, 0.25) is 0 Å². The van der Waals surface area contributed by atoms with Gasteiger partial charge in [0.05, 0.1) is 11.1 Å². The van der Waals surface area contributed by atoms with Gasteiger partial charge in [-0.1, -0.05) is 50.2 Å². The van der Waals surface area contributed by atoms with Crippen molar-refractivity contribution in [1.82, 2.24) is 9.97 Å². The van der Waals surface area contributed by atoms with Crippen molar-refractivity contribution in [2.45, 2.75) is 38.6 Å². The van der Waals surface area contributed by atoms with E-state index in [-0.39, 0.29) is 11.0 Å². The minimum Gasteiger partial charge on any atom is -0.274 e. The van der Waals surface area contributed by atoms with Gasteiger partial charge < -0.3 is 0 Å². The van der Waals surface area contributed by atoms with Gasteiger partial charge in [0.2, 0.25) is 0 Å². The van der Waals surface area contributed by atoms with Crippen LogP contribution in [0.5, 0.6) is 0 Å². The summed E-state index contributed by atoms with van der Waals surface area (Å²) in [5.41, 5.74) is 3.72. The summed E-state index contributed by atoms with van der Waals surface area (Å²) in [6.45, 7) is 8.70. The zero-order valence-electron chi connectivity index (χ0n) is 15.4. The molecular weight excluding hydrogens is 320 g/mol. The van der Waals surface area contributed by atoms with Crippen LogP contribution in [0.3, 0.4) is 0 Å². The highest BCUT2D eigenvalue weighted by Crippen LogP contribution is 2.43. The quantitative estimate of drug-likeness (QED) is 0.659. The summed E-state index contributed by atoms with van der Waals surface area (Å²) in [5.74, 6) is 0.510. The van der Waals surface area contributed by atoms with Crippen LogP contribution in [0.1, 0.15) is 50.3 Å². The van der Waals surface area contributed by atoms with Gasteiger partial charge in [-0.25, -0.2) is 9.97 Å². The number of nitriles is 1. The standard InChI is InChI=1S/C22H20N4/c1-21(2)16-11-7-5-9-14(16)19(26-22(21,3)4)20-24-17-12-8-6-10-15(17)18(13-23)25-20/h5-12H,1-4H3. The van der Waals surface area contributed by atoms with Gasteiger partial charge in [0.25, 0.3) is 0 Å². The van der Waals surface area contributed by atoms with E-state index in [0.717, 1.165) is 22.2 Å². The van der Waals surface area contributed by atoms with Gasteiger partial charge in [-0.05, 0) is 31.5 Å². The van der Waals surface area contributed by atoms with E-state index >= 15 is 0 Å². The SMILES string of the molecule is CC1(C)N=C(c2nc(C#N)c3ccccc3n2)c2ccccc2C1(C)C. The molecule has 2 aromatic carbocycles. The second kappa shape index (κ2) is 5.47. The van der Waals surface area contributed by atoms with Gasteiger partial charge in [-0.2, -0.15) is 5.26 Å². The number of fused-ring (bicyclic) bond motifs is 2. The van der Waals surface area contributed by atoms with E-state index in [4.69, 9.17) is 9.98 Å². The predicted molar refractivity (Wildman–Crippen MR) is 103 cm³/mol. The lowest BCUT2D eigenvalue weighted by molar-refractivity contribution is 0.303. The highest BCUT2D eigenvalue weighted by atomic mass is 15.0. The Balaban J connectivity index is 2.03. The Bertz CT molecular complexity index is 1100. The Morgan fingerprint density at radius 2 is 1.58 bits per heavy atom. The van der Waals surface area contributed by atoms with E-state index < -0.39 is 0 Å². The van der Waals surface area contributed by atoms with Crippen molar-refractivity contribution in [3.05, 3.63) is 71.2 Å². The van der Waals surface area contributed by atoms with Gasteiger partial charge >= 0.3 is 0 Å². The van der Waals surface area contributed by atoms with Crippen molar-refractivity contribution in [2.75, 3.05) is 0 Å². The fraction of sp³-hybridized carbons (Fsp3) is 0.273. The fourth-order valence-electron chi connectivity index (χ4n) is 3.48. The number of para-hydroxylation sites is 1. The smallest absolute Gasteiger partial charge is 0.180 e. The predicted octanol–water partition coefficient (Wildman–Crippen LogP) is 4.41. The van der Waals surface area contributed by atoms with Crippen LogP contribution in [-0.2, 0) is 5.41 Å². The minimum atomic E-state index is -0.321. The van der Waals surface area contributed by atoms with Crippen molar-refractivity contribution in [3.8, 4) is 6.07 Å². The van der Waals surface area contributed by atoms with Crippen LogP contribution in [0, 0.1) is 11.3 Å². The fourth-order valence-corrected chi connectivity index (χ4v) is 3.48. The third-order valence-electron chi connectivity index (χ3n) is 5.70. The summed E-state index contributed by atoms with van der Waals surface area (Å²) in [6.07, 6.45) is 0. The van der Waals surface area contributed by atoms with Gasteiger partial charge in [0.1, 0.15) is 11.8 Å². The van der Waals surface area contributed by atoms with Crippen LogP contribution < -0.4 is 0 Å². The molecular formula is C22H20N4. The first-order valence-electron chi connectivity index (χ1n) is 8.72. The minimum absolute atomic E-state index is 0.123. The van der Waals surface area contributed by atoms with E-state index in [0.29, 0.717) is 11.5 Å². The van der Waals surface area contributed by atoms with Crippen LogP contribution in [-0.4, -0.2) is 21.2 Å². The molecule has 0 unspecified atom stereocenters. The summed E-state index contributed by atoms with van der Waals surface area (Å²) in [6, 6.07) is 18.1. The van der Waals surface area contributed by atoms with Crippen molar-refractivity contribution < 1.29 is 0 Å². The van der Waals surface area contributed by atoms with Gasteiger partial charge in [-0.3, -0.25) is 4.99 Å². The van der Waals surface area contributed by atoms with E-state index in [1.807, 2.05) is 30.3 Å². The average Bonchev–Trinajstić information content (AvgIpc) is 2.64. The Morgan fingerprint density at radius 3 is 2.35 bits per heavy atom. The lowest BCUT2D eigenvalue weighted by atomic mass is 9.66. The van der Waals surface area contributed by atoms with Crippen LogP contribution in [0.4, 0.5) is 0 Å². The first-order valence-corrected chi connectivity index (χ1v) is 8.72. The molecule has 0 spiro atoms. The summed E-state index contributed by atoms with van der Waals surface area (Å²) in [7, 11) is 0. The molecule has 0 bridgehead atoms. The maximum atomic E-state index is 9.56. The number of benzene rings is 2. The highest BCUT2D eigenvalue weighted by Gasteiger charge is 2.44. The van der Waals surface area contributed by atoms with E-state index in [1.54, 1.807) is 0 Å². The van der Waals surface area contributed by atoms with Gasteiger partial charge in [-0.15, -0.1) is 0 Å². The van der Waals surface area contributed by atoms with Crippen LogP contribution in [0.15, 0.2) is 53.5 Å². The molecule has 3 aromatic rings. The van der Waals surface area contributed by atoms with Crippen molar-refractivity contribution >= 4 is 16.6 Å². The third kappa shape index (κ3) is 2.24. The summed E-state index contributed by atoms with van der Waals surface area (Å²) in [4.78, 5) is 14.3. The zero-order valence-corrected chi connectivity index (χ0v) is 15.4. The molecule has 0 fully saturated rings. The monoisotopic (exact) mass is 340 g/mol. The second-order valence-corrected chi connectivity index (χ2v) is 7.71. The topological polar surface area (TPSA) is 61.9 Å². The summed E-state index contributed by atoms with van der Waals surface area (Å²) >= 11 is 0. The molecule has 1 aliphatic rings. The first-order chi connectivity index (χ1) is 12.3. The molecule has 4 nitrogen and oxygen atoms in total. The molecule has 0 atom stereocenters. The molecule has 128 valence electrons. The number of aromatic nitrogens is 2. The van der Waals surface area contributed by atoms with Crippen LogP contribution >= 0.6 is 0 Å². The molecule has 1 aromatic heterocycles. The highest BCUT2D eigenvalue weighted by molar-refractivity contribution is 6.13. The van der Waals surface area contributed by atoms with E-state index in [9.17, 15) is 5.26 Å². The number of hydrogen-bond donors (Lipinski definition) is 0.